The molecule has 0 N–H and O–H groups in total. The summed E-state index contributed by atoms with van der Waals surface area (Å²) >= 11 is 7.03. The maximum atomic E-state index is 5.99. The smallest absolute Gasteiger partial charge is 0.175 e. The van der Waals surface area contributed by atoms with E-state index in [1.807, 2.05) is 67.6 Å². The first-order valence-electron chi connectivity index (χ1n) is 9.10. The lowest BCUT2D eigenvalue weighted by Gasteiger charge is -2.13. The van der Waals surface area contributed by atoms with Crippen molar-refractivity contribution in [1.29, 1.82) is 0 Å². The van der Waals surface area contributed by atoms with Crippen LogP contribution in [0.1, 0.15) is 18.1 Å². The van der Waals surface area contributed by atoms with Crippen LogP contribution in [-0.4, -0.2) is 19.9 Å². The van der Waals surface area contributed by atoms with Crippen molar-refractivity contribution in [2.45, 2.75) is 13.5 Å². The van der Waals surface area contributed by atoms with Crippen LogP contribution in [0.3, 0.4) is 0 Å². The highest BCUT2D eigenvalue weighted by Gasteiger charge is 2.11. The summed E-state index contributed by atoms with van der Waals surface area (Å²) in [5.41, 5.74) is 2.82. The number of rotatable bonds is 8. The van der Waals surface area contributed by atoms with Crippen molar-refractivity contribution in [3.8, 4) is 17.2 Å². The van der Waals surface area contributed by atoms with Crippen LogP contribution in [0, 0.1) is 0 Å². The zero-order valence-corrected chi connectivity index (χ0v) is 19.4. The van der Waals surface area contributed by atoms with Gasteiger partial charge in [-0.1, -0.05) is 28.1 Å². The van der Waals surface area contributed by atoms with Gasteiger partial charge in [0.25, 0.3) is 0 Å². The molecule has 0 spiro atoms. The van der Waals surface area contributed by atoms with Crippen LogP contribution in [0.15, 0.2) is 74.6 Å². The van der Waals surface area contributed by atoms with Gasteiger partial charge in [-0.15, -0.1) is 0 Å². The van der Waals surface area contributed by atoms with Gasteiger partial charge in [0.1, 0.15) is 12.4 Å². The van der Waals surface area contributed by atoms with Gasteiger partial charge in [-0.3, -0.25) is 4.99 Å². The van der Waals surface area contributed by atoms with Crippen molar-refractivity contribution in [2.75, 3.05) is 13.7 Å². The van der Waals surface area contributed by atoms with E-state index >= 15 is 0 Å². The minimum absolute atomic E-state index is 0.446. The van der Waals surface area contributed by atoms with E-state index in [9.17, 15) is 0 Å². The Labute approximate surface area is 187 Å². The highest BCUT2D eigenvalue weighted by atomic mass is 79.9. The maximum absolute atomic E-state index is 5.99. The first-order valence-corrected chi connectivity index (χ1v) is 10.7. The van der Waals surface area contributed by atoms with E-state index < -0.39 is 0 Å². The third-order valence-corrected chi connectivity index (χ3v) is 5.18. The Morgan fingerprint density at radius 3 is 2.31 bits per heavy atom. The number of benzene rings is 3. The van der Waals surface area contributed by atoms with Crippen LogP contribution < -0.4 is 14.2 Å². The van der Waals surface area contributed by atoms with E-state index in [4.69, 9.17) is 14.2 Å². The number of nitrogens with zero attached hydrogens (tertiary/aromatic N) is 1. The minimum Gasteiger partial charge on any atom is -0.494 e. The monoisotopic (exact) mass is 517 g/mol. The molecule has 0 aliphatic rings. The van der Waals surface area contributed by atoms with Crippen LogP contribution in [0.4, 0.5) is 5.69 Å². The summed E-state index contributed by atoms with van der Waals surface area (Å²) in [4.78, 5) is 4.52. The summed E-state index contributed by atoms with van der Waals surface area (Å²) in [5.74, 6) is 2.14. The first kappa shape index (κ1) is 21.4. The summed E-state index contributed by atoms with van der Waals surface area (Å²) in [6.45, 7) is 3.05. The standard InChI is InChI=1S/C23H21Br2NO3/c1-3-28-20-10-8-19(9-11-20)26-14-17-12-21(25)23(22(13-17)27-2)29-15-16-4-6-18(24)7-5-16/h4-14H,3,15H2,1-2H3. The fourth-order valence-corrected chi connectivity index (χ4v) is 3.47. The van der Waals surface area contributed by atoms with Crippen LogP contribution in [-0.2, 0) is 6.61 Å². The lowest BCUT2D eigenvalue weighted by atomic mass is 10.2. The predicted molar refractivity (Wildman–Crippen MR) is 124 cm³/mol. The van der Waals surface area contributed by atoms with Crippen LogP contribution in [0.25, 0.3) is 0 Å². The second-order valence-corrected chi connectivity index (χ2v) is 7.90. The Bertz CT molecular complexity index is 971. The molecule has 0 saturated heterocycles. The molecule has 150 valence electrons. The Morgan fingerprint density at radius 1 is 0.931 bits per heavy atom. The number of hydrogen-bond donors (Lipinski definition) is 0. The van der Waals surface area contributed by atoms with Gasteiger partial charge in [0.05, 0.1) is 23.9 Å². The third-order valence-electron chi connectivity index (χ3n) is 4.06. The quantitative estimate of drug-likeness (QED) is 0.303. The predicted octanol–water partition coefficient (Wildman–Crippen LogP) is 6.95. The Balaban J connectivity index is 1.74. The fraction of sp³-hybridized carbons (Fsp3) is 0.174. The van der Waals surface area contributed by atoms with Crippen molar-refractivity contribution < 1.29 is 14.2 Å². The molecule has 0 fully saturated rings. The fourth-order valence-electron chi connectivity index (χ4n) is 2.63. The van der Waals surface area contributed by atoms with Gasteiger partial charge in [-0.2, -0.15) is 0 Å². The molecule has 4 nitrogen and oxygen atoms in total. The zero-order valence-electron chi connectivity index (χ0n) is 16.2. The van der Waals surface area contributed by atoms with Crippen LogP contribution in [0.2, 0.25) is 0 Å². The van der Waals surface area contributed by atoms with E-state index in [0.717, 1.165) is 31.5 Å². The molecule has 3 aromatic rings. The molecule has 0 aliphatic heterocycles. The average molecular weight is 519 g/mol. The second-order valence-electron chi connectivity index (χ2n) is 6.13. The molecular weight excluding hydrogens is 498 g/mol. The Kier molecular flexibility index (Phi) is 7.72. The lowest BCUT2D eigenvalue weighted by Crippen LogP contribution is -1.99. The number of methoxy groups -OCH3 is 1. The molecule has 0 radical (unpaired) electrons. The summed E-state index contributed by atoms with van der Waals surface area (Å²) in [6, 6.07) is 19.5. The lowest BCUT2D eigenvalue weighted by molar-refractivity contribution is 0.282. The number of aliphatic imine (C=N–C) groups is 1. The molecule has 0 heterocycles. The Hall–Kier alpha value is -2.31. The molecule has 3 aromatic carbocycles. The first-order chi connectivity index (χ1) is 14.1. The van der Waals surface area contributed by atoms with E-state index in [2.05, 4.69) is 36.9 Å². The van der Waals surface area contributed by atoms with Gasteiger partial charge < -0.3 is 14.2 Å². The van der Waals surface area contributed by atoms with Crippen LogP contribution >= 0.6 is 31.9 Å². The summed E-state index contributed by atoms with van der Waals surface area (Å²) in [6.07, 6.45) is 1.79. The number of ether oxygens (including phenoxy) is 3. The number of halogens is 2. The maximum Gasteiger partial charge on any atom is 0.175 e. The normalized spacial score (nSPS) is 10.9. The zero-order chi connectivity index (χ0) is 20.6. The SMILES string of the molecule is CCOc1ccc(N=Cc2cc(Br)c(OCc3ccc(Br)cc3)c(OC)c2)cc1. The molecule has 6 heteroatoms. The molecule has 29 heavy (non-hydrogen) atoms. The van der Waals surface area contributed by atoms with E-state index in [-0.39, 0.29) is 0 Å². The minimum atomic E-state index is 0.446. The molecular formula is C23H21Br2NO3. The van der Waals surface area contributed by atoms with Gasteiger partial charge in [-0.25, -0.2) is 0 Å². The van der Waals surface area contributed by atoms with Crippen molar-refractivity contribution >= 4 is 43.8 Å². The number of hydrogen-bond acceptors (Lipinski definition) is 4. The molecule has 0 saturated carbocycles. The molecule has 0 unspecified atom stereocenters. The topological polar surface area (TPSA) is 40.0 Å². The van der Waals surface area contributed by atoms with E-state index in [0.29, 0.717) is 24.7 Å². The van der Waals surface area contributed by atoms with Crippen molar-refractivity contribution in [2.24, 2.45) is 4.99 Å². The van der Waals surface area contributed by atoms with Crippen molar-refractivity contribution in [3.63, 3.8) is 0 Å². The molecule has 3 rings (SSSR count). The van der Waals surface area contributed by atoms with Gasteiger partial charge in [0.15, 0.2) is 11.5 Å². The highest BCUT2D eigenvalue weighted by Crippen LogP contribution is 2.37. The molecule has 0 bridgehead atoms. The molecule has 0 aliphatic carbocycles. The van der Waals surface area contributed by atoms with Gasteiger partial charge in [-0.05, 0) is 82.5 Å². The van der Waals surface area contributed by atoms with Crippen molar-refractivity contribution in [3.05, 3.63) is 80.7 Å². The van der Waals surface area contributed by atoms with E-state index in [1.54, 1.807) is 13.3 Å². The highest BCUT2D eigenvalue weighted by molar-refractivity contribution is 9.10. The molecule has 0 atom stereocenters. The summed E-state index contributed by atoms with van der Waals surface area (Å²) < 4.78 is 18.8. The largest absolute Gasteiger partial charge is 0.494 e. The van der Waals surface area contributed by atoms with Gasteiger partial charge in [0, 0.05) is 10.7 Å². The molecule has 0 aromatic heterocycles. The second kappa shape index (κ2) is 10.5. The average Bonchev–Trinajstić information content (AvgIpc) is 2.73. The molecule has 0 amide bonds. The summed E-state index contributed by atoms with van der Waals surface area (Å²) in [5, 5.41) is 0. The third kappa shape index (κ3) is 6.08. The van der Waals surface area contributed by atoms with Crippen LogP contribution in [0.5, 0.6) is 17.2 Å². The van der Waals surface area contributed by atoms with Gasteiger partial charge in [0.2, 0.25) is 0 Å². The summed E-state index contributed by atoms with van der Waals surface area (Å²) in [7, 11) is 1.63. The van der Waals surface area contributed by atoms with Gasteiger partial charge >= 0.3 is 0 Å². The van der Waals surface area contributed by atoms with Crippen molar-refractivity contribution in [1.82, 2.24) is 0 Å². The van der Waals surface area contributed by atoms with E-state index in [1.165, 1.54) is 0 Å². The Morgan fingerprint density at radius 2 is 1.66 bits per heavy atom.